The van der Waals surface area contributed by atoms with Gasteiger partial charge in [-0.3, -0.25) is 19.4 Å². The lowest BCUT2D eigenvalue weighted by atomic mass is 9.78. The number of hydrogen-bond donors (Lipinski definition) is 3. The SMILES string of the molecule is COC1CCC([C@H](CC(=O)O)N2NC(C)CC(CC(=O)NC3CCC(/C=C/CC4CCCCC4)CC3)C2=O)CC1OC. The van der Waals surface area contributed by atoms with Crippen LogP contribution in [0.1, 0.15) is 110 Å². The quantitative estimate of drug-likeness (QED) is 0.275. The van der Waals surface area contributed by atoms with Crippen LogP contribution >= 0.6 is 0 Å². The summed E-state index contributed by atoms with van der Waals surface area (Å²) in [6.45, 7) is 1.99. The zero-order chi connectivity index (χ0) is 30.1. The maximum atomic E-state index is 13.7. The smallest absolute Gasteiger partial charge is 0.305 e. The van der Waals surface area contributed by atoms with E-state index >= 15 is 0 Å². The van der Waals surface area contributed by atoms with E-state index in [1.54, 1.807) is 19.2 Å². The lowest BCUT2D eigenvalue weighted by Crippen LogP contribution is -2.62. The molecule has 1 aliphatic heterocycles. The van der Waals surface area contributed by atoms with Gasteiger partial charge in [0.1, 0.15) is 0 Å². The Morgan fingerprint density at radius 3 is 2.38 bits per heavy atom. The number of aliphatic carboxylic acids is 1. The molecule has 4 rings (SSSR count). The molecule has 0 aromatic rings. The zero-order valence-corrected chi connectivity index (χ0v) is 26.1. The average molecular weight is 590 g/mol. The first kappa shape index (κ1) is 32.9. The van der Waals surface area contributed by atoms with Crippen molar-refractivity contribution in [1.29, 1.82) is 0 Å². The highest BCUT2D eigenvalue weighted by Gasteiger charge is 2.43. The molecule has 42 heavy (non-hydrogen) atoms. The molecule has 0 aromatic heterocycles. The Morgan fingerprint density at radius 1 is 1.00 bits per heavy atom. The van der Waals surface area contributed by atoms with Crippen LogP contribution in [0.3, 0.4) is 0 Å². The van der Waals surface area contributed by atoms with Gasteiger partial charge in [-0.25, -0.2) is 5.43 Å². The molecule has 4 fully saturated rings. The predicted octanol–water partition coefficient (Wildman–Crippen LogP) is 4.99. The van der Waals surface area contributed by atoms with Crippen LogP contribution in [0, 0.1) is 23.7 Å². The molecular weight excluding hydrogens is 534 g/mol. The largest absolute Gasteiger partial charge is 0.481 e. The molecule has 0 spiro atoms. The number of amides is 2. The van der Waals surface area contributed by atoms with Gasteiger partial charge in [-0.1, -0.05) is 44.3 Å². The third-order valence-electron chi connectivity index (χ3n) is 10.4. The van der Waals surface area contributed by atoms with Crippen molar-refractivity contribution in [1.82, 2.24) is 15.8 Å². The Hall–Kier alpha value is -1.97. The number of hydrazine groups is 1. The summed E-state index contributed by atoms with van der Waals surface area (Å²) in [5.74, 6) is -0.230. The van der Waals surface area contributed by atoms with Gasteiger partial charge in [0, 0.05) is 38.6 Å². The van der Waals surface area contributed by atoms with Crippen LogP contribution in [-0.4, -0.2) is 72.5 Å². The molecule has 2 amide bonds. The number of carboxylic acids is 1. The van der Waals surface area contributed by atoms with E-state index in [2.05, 4.69) is 22.9 Å². The van der Waals surface area contributed by atoms with E-state index in [1.165, 1.54) is 38.5 Å². The topological polar surface area (TPSA) is 117 Å². The van der Waals surface area contributed by atoms with Gasteiger partial charge in [0.2, 0.25) is 11.8 Å². The number of methoxy groups -OCH3 is 2. The number of ether oxygens (including phenoxy) is 2. The van der Waals surface area contributed by atoms with Crippen LogP contribution in [0.4, 0.5) is 0 Å². The first-order chi connectivity index (χ1) is 20.3. The molecule has 3 saturated carbocycles. The van der Waals surface area contributed by atoms with Crippen LogP contribution < -0.4 is 10.7 Å². The molecule has 0 aromatic carbocycles. The number of carbonyl (C=O) groups excluding carboxylic acids is 2. The molecule has 3 aliphatic carbocycles. The van der Waals surface area contributed by atoms with Gasteiger partial charge in [0.15, 0.2) is 0 Å². The van der Waals surface area contributed by atoms with Crippen molar-refractivity contribution in [3.05, 3.63) is 12.2 Å². The maximum Gasteiger partial charge on any atom is 0.305 e. The molecule has 9 nitrogen and oxygen atoms in total. The molecule has 5 unspecified atom stereocenters. The van der Waals surface area contributed by atoms with E-state index in [1.807, 2.05) is 6.92 Å². The first-order valence-electron chi connectivity index (χ1n) is 16.6. The Kier molecular flexibility index (Phi) is 12.7. The van der Waals surface area contributed by atoms with Crippen molar-refractivity contribution in [2.75, 3.05) is 14.2 Å². The van der Waals surface area contributed by atoms with E-state index in [0.29, 0.717) is 18.8 Å². The van der Waals surface area contributed by atoms with Gasteiger partial charge in [0.25, 0.3) is 0 Å². The number of nitrogens with zero attached hydrogens (tertiary/aromatic N) is 1. The van der Waals surface area contributed by atoms with Crippen LogP contribution in [-0.2, 0) is 23.9 Å². The van der Waals surface area contributed by atoms with Gasteiger partial charge in [0.05, 0.1) is 24.7 Å². The minimum absolute atomic E-state index is 0.0373. The number of carbonyl (C=O) groups is 3. The second kappa shape index (κ2) is 16.2. The Bertz CT molecular complexity index is 913. The summed E-state index contributed by atoms with van der Waals surface area (Å²) in [6.07, 6.45) is 19.6. The van der Waals surface area contributed by atoms with Crippen LogP contribution in [0.2, 0.25) is 0 Å². The second-order valence-corrected chi connectivity index (χ2v) is 13.5. The predicted molar refractivity (Wildman–Crippen MR) is 161 cm³/mol. The van der Waals surface area contributed by atoms with E-state index < -0.39 is 17.9 Å². The number of nitrogens with one attached hydrogen (secondary N) is 2. The van der Waals surface area contributed by atoms with E-state index in [4.69, 9.17) is 9.47 Å². The Morgan fingerprint density at radius 2 is 1.71 bits per heavy atom. The van der Waals surface area contributed by atoms with Crippen molar-refractivity contribution in [2.45, 2.75) is 140 Å². The molecule has 1 heterocycles. The minimum atomic E-state index is -0.940. The lowest BCUT2D eigenvalue weighted by molar-refractivity contribution is -0.157. The van der Waals surface area contributed by atoms with Gasteiger partial charge in [-0.15, -0.1) is 0 Å². The monoisotopic (exact) mass is 589 g/mol. The van der Waals surface area contributed by atoms with Crippen LogP contribution in [0.15, 0.2) is 12.2 Å². The van der Waals surface area contributed by atoms with E-state index in [0.717, 1.165) is 44.4 Å². The summed E-state index contributed by atoms with van der Waals surface area (Å²) in [5, 5.41) is 14.5. The molecule has 0 radical (unpaired) electrons. The molecule has 1 saturated heterocycles. The normalized spacial score (nSPS) is 33.9. The first-order valence-corrected chi connectivity index (χ1v) is 16.6. The number of allylic oxidation sites excluding steroid dienone is 2. The van der Waals surface area contributed by atoms with Crippen molar-refractivity contribution in [3.63, 3.8) is 0 Å². The molecule has 9 heteroatoms. The molecule has 238 valence electrons. The van der Waals surface area contributed by atoms with Gasteiger partial charge < -0.3 is 19.9 Å². The van der Waals surface area contributed by atoms with Crippen LogP contribution in [0.5, 0.6) is 0 Å². The zero-order valence-electron chi connectivity index (χ0n) is 26.1. The van der Waals surface area contributed by atoms with Crippen molar-refractivity contribution >= 4 is 17.8 Å². The summed E-state index contributed by atoms with van der Waals surface area (Å²) in [6, 6.07) is -0.395. The number of carboxylic acid groups (broad SMARTS) is 1. The van der Waals surface area contributed by atoms with E-state index in [-0.39, 0.29) is 54.9 Å². The summed E-state index contributed by atoms with van der Waals surface area (Å²) in [4.78, 5) is 38.7. The Balaban J connectivity index is 1.28. The highest BCUT2D eigenvalue weighted by molar-refractivity contribution is 5.86. The van der Waals surface area contributed by atoms with Crippen molar-refractivity contribution in [3.8, 4) is 0 Å². The average Bonchev–Trinajstić information content (AvgIpc) is 2.98. The summed E-state index contributed by atoms with van der Waals surface area (Å²) in [5.41, 5.74) is 3.26. The summed E-state index contributed by atoms with van der Waals surface area (Å²) < 4.78 is 11.2. The highest BCUT2D eigenvalue weighted by atomic mass is 16.5. The summed E-state index contributed by atoms with van der Waals surface area (Å²) in [7, 11) is 3.31. The Labute approximate surface area is 252 Å². The molecule has 6 atom stereocenters. The fraction of sp³-hybridized carbons (Fsp3) is 0.848. The molecule has 0 bridgehead atoms. The fourth-order valence-electron chi connectivity index (χ4n) is 8.01. The fourth-order valence-corrected chi connectivity index (χ4v) is 8.01. The van der Waals surface area contributed by atoms with Gasteiger partial charge >= 0.3 is 5.97 Å². The molecule has 4 aliphatic rings. The third-order valence-corrected chi connectivity index (χ3v) is 10.4. The maximum absolute atomic E-state index is 13.7. The minimum Gasteiger partial charge on any atom is -0.481 e. The third kappa shape index (κ3) is 9.26. The number of hydrogen-bond acceptors (Lipinski definition) is 6. The van der Waals surface area contributed by atoms with Crippen LogP contribution in [0.25, 0.3) is 0 Å². The lowest BCUT2D eigenvalue weighted by Gasteiger charge is -2.46. The highest BCUT2D eigenvalue weighted by Crippen LogP contribution is 2.35. The second-order valence-electron chi connectivity index (χ2n) is 13.5. The molecule has 3 N–H and O–H groups in total. The van der Waals surface area contributed by atoms with Crippen molar-refractivity contribution < 1.29 is 29.0 Å². The van der Waals surface area contributed by atoms with Gasteiger partial charge in [-0.2, -0.15) is 0 Å². The van der Waals surface area contributed by atoms with E-state index in [9.17, 15) is 19.5 Å². The van der Waals surface area contributed by atoms with Gasteiger partial charge in [-0.05, 0) is 82.5 Å². The summed E-state index contributed by atoms with van der Waals surface area (Å²) >= 11 is 0. The number of rotatable bonds is 12. The van der Waals surface area contributed by atoms with Crippen molar-refractivity contribution in [2.24, 2.45) is 23.7 Å². The molecular formula is C33H55N3O6. The standard InChI is InChI=1S/C33H55N3O6/c1-22-18-26(20-31(37)34-27-15-12-24(13-16-27)11-7-10-23-8-5-4-6-9-23)33(40)36(35-22)28(21-32(38)39)25-14-17-29(41-2)30(19-25)42-3/h7,11,22-30,35H,4-6,8-10,12-21H2,1-3H3,(H,34,37)(H,38,39)/b11-7+/t22?,24?,25?,26?,27?,28-,29?,30?/m0/s1.